The van der Waals surface area contributed by atoms with E-state index in [1.54, 1.807) is 22.9 Å². The monoisotopic (exact) mass is 289 g/mol. The molecule has 0 aromatic rings. The number of rotatable bonds is 5. The summed E-state index contributed by atoms with van der Waals surface area (Å²) in [6.07, 6.45) is 0. The lowest BCUT2D eigenvalue weighted by molar-refractivity contribution is -0.143. The Morgan fingerprint density at radius 3 is 2.17 bits per heavy atom. The number of hydrogen-bond acceptors (Lipinski definition) is 4. The van der Waals surface area contributed by atoms with Gasteiger partial charge >= 0.3 is 11.9 Å². The topological polar surface area (TPSA) is 98.1 Å². The lowest BCUT2D eigenvalue weighted by atomic mass is 10.3. The molecule has 0 spiro atoms. The molecular formula is C5H8INO5. The Labute approximate surface area is 82.3 Å². The van der Waals surface area contributed by atoms with Crippen molar-refractivity contribution in [3.8, 4) is 0 Å². The van der Waals surface area contributed by atoms with E-state index in [4.69, 9.17) is 15.3 Å². The average molecular weight is 289 g/mol. The minimum Gasteiger partial charge on any atom is -0.480 e. The van der Waals surface area contributed by atoms with Gasteiger partial charge in [-0.25, -0.2) is 3.11 Å². The molecule has 7 heteroatoms. The minimum atomic E-state index is -1.24. The molecule has 3 N–H and O–H groups in total. The summed E-state index contributed by atoms with van der Waals surface area (Å²) >= 11 is 1.55. The van der Waals surface area contributed by atoms with Crippen molar-refractivity contribution >= 4 is 34.8 Å². The first-order valence-corrected chi connectivity index (χ1v) is 3.93. The van der Waals surface area contributed by atoms with E-state index < -0.39 is 31.1 Å². The van der Waals surface area contributed by atoms with Crippen LogP contribution in [0.5, 0.6) is 0 Å². The summed E-state index contributed by atoms with van der Waals surface area (Å²) in [5.41, 5.74) is 0. The second kappa shape index (κ2) is 5.27. The Kier molecular flexibility index (Phi) is 5.09. The molecular weight excluding hydrogens is 281 g/mol. The number of aliphatic hydroxyl groups is 1. The molecule has 70 valence electrons. The summed E-state index contributed by atoms with van der Waals surface area (Å²) in [6.45, 7) is -1.02. The van der Waals surface area contributed by atoms with Crippen LogP contribution in [0.2, 0.25) is 0 Å². The first-order valence-electron chi connectivity index (χ1n) is 2.97. The normalized spacial score (nSPS) is 12.9. The third kappa shape index (κ3) is 3.83. The molecule has 0 bridgehead atoms. The molecule has 0 amide bonds. The van der Waals surface area contributed by atoms with Crippen LogP contribution >= 0.6 is 22.9 Å². The van der Waals surface area contributed by atoms with Gasteiger partial charge in [0.2, 0.25) is 0 Å². The molecule has 6 nitrogen and oxygen atoms in total. The second-order valence-electron chi connectivity index (χ2n) is 1.99. The SMILES string of the molecule is O=C(O)CN(I)C(CO)C(=O)O. The molecule has 0 saturated heterocycles. The Balaban J connectivity index is 4.11. The maximum atomic E-state index is 10.4. The summed E-state index contributed by atoms with van der Waals surface area (Å²) < 4.78 is 1.02. The molecule has 0 aromatic carbocycles. The van der Waals surface area contributed by atoms with Crippen molar-refractivity contribution in [2.45, 2.75) is 6.04 Å². The molecule has 1 unspecified atom stereocenters. The Hall–Kier alpha value is -0.410. The lowest BCUT2D eigenvalue weighted by Crippen LogP contribution is -2.40. The number of aliphatic hydroxyl groups excluding tert-OH is 1. The highest BCUT2D eigenvalue weighted by atomic mass is 127. The van der Waals surface area contributed by atoms with Gasteiger partial charge in [-0.2, -0.15) is 0 Å². The van der Waals surface area contributed by atoms with Crippen molar-refractivity contribution in [3.63, 3.8) is 0 Å². The zero-order chi connectivity index (χ0) is 9.72. The van der Waals surface area contributed by atoms with Gasteiger partial charge < -0.3 is 15.3 Å². The van der Waals surface area contributed by atoms with E-state index in [-0.39, 0.29) is 0 Å². The summed E-state index contributed by atoms with van der Waals surface area (Å²) in [5, 5.41) is 25.3. The van der Waals surface area contributed by atoms with Crippen molar-refractivity contribution in [1.29, 1.82) is 0 Å². The van der Waals surface area contributed by atoms with Crippen molar-refractivity contribution in [1.82, 2.24) is 3.11 Å². The van der Waals surface area contributed by atoms with Crippen LogP contribution in [0.4, 0.5) is 0 Å². The average Bonchev–Trinajstić information content (AvgIpc) is 1.85. The van der Waals surface area contributed by atoms with E-state index in [1.165, 1.54) is 0 Å². The third-order valence-electron chi connectivity index (χ3n) is 1.08. The number of aliphatic carboxylic acids is 2. The fraction of sp³-hybridized carbons (Fsp3) is 0.600. The molecule has 1 atom stereocenters. The van der Waals surface area contributed by atoms with Gasteiger partial charge in [0.25, 0.3) is 0 Å². The highest BCUT2D eigenvalue weighted by molar-refractivity contribution is 14.1. The van der Waals surface area contributed by atoms with Crippen LogP contribution in [0.3, 0.4) is 0 Å². The van der Waals surface area contributed by atoms with Gasteiger partial charge in [0, 0.05) is 22.9 Å². The Morgan fingerprint density at radius 2 is 1.92 bits per heavy atom. The van der Waals surface area contributed by atoms with Gasteiger partial charge in [-0.05, 0) is 0 Å². The zero-order valence-electron chi connectivity index (χ0n) is 5.97. The molecule has 12 heavy (non-hydrogen) atoms. The number of halogens is 1. The van der Waals surface area contributed by atoms with Crippen LogP contribution in [0.15, 0.2) is 0 Å². The fourth-order valence-corrected chi connectivity index (χ4v) is 1.23. The molecule has 0 fully saturated rings. The molecule has 0 aliphatic rings. The maximum absolute atomic E-state index is 10.4. The third-order valence-corrected chi connectivity index (χ3v) is 2.10. The molecule has 0 rings (SSSR count). The molecule has 0 saturated carbocycles. The number of hydrogen-bond donors (Lipinski definition) is 3. The molecule has 0 aliphatic carbocycles. The first kappa shape index (κ1) is 11.6. The maximum Gasteiger partial charge on any atom is 0.324 e. The van der Waals surface area contributed by atoms with Crippen LogP contribution in [0.1, 0.15) is 0 Å². The summed E-state index contributed by atoms with van der Waals surface area (Å²) in [5.74, 6) is -2.38. The van der Waals surface area contributed by atoms with Crippen LogP contribution in [0.25, 0.3) is 0 Å². The highest BCUT2D eigenvalue weighted by Gasteiger charge is 2.24. The Bertz CT molecular complexity index is 185. The number of nitrogens with zero attached hydrogens (tertiary/aromatic N) is 1. The van der Waals surface area contributed by atoms with Crippen molar-refractivity contribution in [2.24, 2.45) is 0 Å². The minimum absolute atomic E-state index is 0.419. The van der Waals surface area contributed by atoms with E-state index >= 15 is 0 Å². The van der Waals surface area contributed by atoms with Gasteiger partial charge in [0.1, 0.15) is 12.6 Å². The van der Waals surface area contributed by atoms with Crippen LogP contribution in [-0.4, -0.2) is 49.6 Å². The van der Waals surface area contributed by atoms with Crippen molar-refractivity contribution < 1.29 is 24.9 Å². The molecule has 0 radical (unpaired) electrons. The number of carboxylic acids is 2. The smallest absolute Gasteiger partial charge is 0.324 e. The summed E-state index contributed by atoms with van der Waals surface area (Å²) in [4.78, 5) is 20.5. The van der Waals surface area contributed by atoms with Gasteiger partial charge in [-0.3, -0.25) is 9.59 Å². The molecule has 0 heterocycles. The van der Waals surface area contributed by atoms with E-state index in [0.29, 0.717) is 0 Å². The van der Waals surface area contributed by atoms with E-state index in [9.17, 15) is 9.59 Å². The van der Waals surface area contributed by atoms with Crippen LogP contribution < -0.4 is 0 Å². The molecule has 0 aromatic heterocycles. The molecule has 0 aliphatic heterocycles. The van der Waals surface area contributed by atoms with E-state index in [2.05, 4.69) is 0 Å². The fourth-order valence-electron chi connectivity index (χ4n) is 0.526. The summed E-state index contributed by atoms with van der Waals surface area (Å²) in [7, 11) is 0. The standard InChI is InChI=1S/C5H8INO5/c6-7(1-4(9)10)3(2-8)5(11)12/h3,8H,1-2H2,(H,9,10)(H,11,12). The van der Waals surface area contributed by atoms with Crippen LogP contribution in [-0.2, 0) is 9.59 Å². The van der Waals surface area contributed by atoms with Crippen molar-refractivity contribution in [3.05, 3.63) is 0 Å². The van der Waals surface area contributed by atoms with Gasteiger partial charge in [-0.1, -0.05) is 0 Å². The lowest BCUT2D eigenvalue weighted by Gasteiger charge is -2.17. The van der Waals surface area contributed by atoms with E-state index in [0.717, 1.165) is 3.11 Å². The van der Waals surface area contributed by atoms with Crippen molar-refractivity contribution in [2.75, 3.05) is 13.2 Å². The number of carbonyl (C=O) groups is 2. The second-order valence-corrected chi connectivity index (χ2v) is 3.23. The van der Waals surface area contributed by atoms with E-state index in [1.807, 2.05) is 0 Å². The largest absolute Gasteiger partial charge is 0.480 e. The van der Waals surface area contributed by atoms with Gasteiger partial charge in [0.15, 0.2) is 0 Å². The quantitative estimate of drug-likeness (QED) is 0.451. The first-order chi connectivity index (χ1) is 5.49. The van der Waals surface area contributed by atoms with Gasteiger partial charge in [-0.15, -0.1) is 0 Å². The Morgan fingerprint density at radius 1 is 1.42 bits per heavy atom. The summed E-state index contributed by atoms with van der Waals surface area (Å²) in [6, 6.07) is -1.17. The van der Waals surface area contributed by atoms with Gasteiger partial charge in [0.05, 0.1) is 6.61 Å². The highest BCUT2D eigenvalue weighted by Crippen LogP contribution is 2.05. The predicted octanol–water partition coefficient (Wildman–Crippen LogP) is -0.831. The van der Waals surface area contributed by atoms with Crippen LogP contribution in [0, 0.1) is 0 Å². The zero-order valence-corrected chi connectivity index (χ0v) is 8.13. The predicted molar refractivity (Wildman–Crippen MR) is 46.9 cm³/mol. The number of carboxylic acid groups (broad SMARTS) is 2.